The average Bonchev–Trinajstić information content (AvgIpc) is 2.71. The van der Waals surface area contributed by atoms with Crippen molar-refractivity contribution in [1.82, 2.24) is 15.6 Å². The molecule has 2 saturated heterocycles. The summed E-state index contributed by atoms with van der Waals surface area (Å²) in [6, 6.07) is 3.99. The highest BCUT2D eigenvalue weighted by Gasteiger charge is 2.41. The van der Waals surface area contributed by atoms with Gasteiger partial charge in [-0.1, -0.05) is 0 Å². The summed E-state index contributed by atoms with van der Waals surface area (Å²) in [5, 5.41) is 5.92. The van der Waals surface area contributed by atoms with E-state index in [2.05, 4.69) is 20.5 Å². The summed E-state index contributed by atoms with van der Waals surface area (Å²) in [6.45, 7) is 2.64. The maximum Gasteiger partial charge on any atom is 0.315 e. The van der Waals surface area contributed by atoms with Gasteiger partial charge in [0.1, 0.15) is 0 Å². The van der Waals surface area contributed by atoms with Crippen molar-refractivity contribution in [3.05, 3.63) is 24.5 Å². The summed E-state index contributed by atoms with van der Waals surface area (Å²) in [5.74, 6) is 0. The fourth-order valence-electron chi connectivity index (χ4n) is 2.73. The van der Waals surface area contributed by atoms with Gasteiger partial charge >= 0.3 is 6.03 Å². The predicted octanol–water partition coefficient (Wildman–Crippen LogP) is 0.733. The summed E-state index contributed by atoms with van der Waals surface area (Å²) in [7, 11) is 0. The largest absolute Gasteiger partial charge is 0.369 e. The molecule has 1 spiro atoms. The smallest absolute Gasteiger partial charge is 0.315 e. The van der Waals surface area contributed by atoms with Crippen molar-refractivity contribution < 1.29 is 4.79 Å². The third-order valence-electron chi connectivity index (χ3n) is 3.57. The Bertz CT molecular complexity index is 422. The van der Waals surface area contributed by atoms with E-state index in [1.807, 2.05) is 24.5 Å². The number of hydrogen-bond donors (Lipinski definition) is 2. The number of amides is 2. The first-order valence-electron chi connectivity index (χ1n) is 5.98. The van der Waals surface area contributed by atoms with E-state index < -0.39 is 0 Å². The second-order valence-electron chi connectivity index (χ2n) is 4.82. The summed E-state index contributed by atoms with van der Waals surface area (Å²) in [4.78, 5) is 17.7. The summed E-state index contributed by atoms with van der Waals surface area (Å²) < 4.78 is 0. The van der Waals surface area contributed by atoms with E-state index in [1.165, 1.54) is 5.69 Å². The minimum Gasteiger partial charge on any atom is -0.369 e. The standard InChI is InChI=1S/C12H16N4O/c17-11-14-8-12(15-11)4-1-7-16(9-12)10-2-5-13-6-3-10/h2-3,5-6H,1,4,7-9H2,(H2,14,15,17). The molecular weight excluding hydrogens is 216 g/mol. The first kappa shape index (κ1) is 10.4. The van der Waals surface area contributed by atoms with Crippen LogP contribution in [-0.2, 0) is 0 Å². The fourth-order valence-corrected chi connectivity index (χ4v) is 2.73. The Morgan fingerprint density at radius 2 is 2.18 bits per heavy atom. The van der Waals surface area contributed by atoms with Crippen LogP contribution in [-0.4, -0.2) is 36.2 Å². The van der Waals surface area contributed by atoms with E-state index in [0.717, 1.165) is 32.5 Å². The van der Waals surface area contributed by atoms with Crippen LogP contribution < -0.4 is 15.5 Å². The fraction of sp³-hybridized carbons (Fsp3) is 0.500. The van der Waals surface area contributed by atoms with E-state index in [4.69, 9.17) is 0 Å². The molecule has 0 saturated carbocycles. The lowest BCUT2D eigenvalue weighted by atomic mass is 9.90. The van der Waals surface area contributed by atoms with Gasteiger partial charge in [0.25, 0.3) is 0 Å². The quantitative estimate of drug-likeness (QED) is 0.750. The minimum atomic E-state index is -0.0847. The van der Waals surface area contributed by atoms with E-state index in [1.54, 1.807) is 0 Å². The van der Waals surface area contributed by atoms with Crippen LogP contribution in [0.5, 0.6) is 0 Å². The zero-order chi connectivity index (χ0) is 11.7. The van der Waals surface area contributed by atoms with Gasteiger partial charge in [-0.3, -0.25) is 4.98 Å². The Labute approximate surface area is 100 Å². The minimum absolute atomic E-state index is 0.0402. The van der Waals surface area contributed by atoms with E-state index in [9.17, 15) is 4.79 Å². The Hall–Kier alpha value is -1.78. The number of piperidine rings is 1. The molecule has 2 aliphatic heterocycles. The van der Waals surface area contributed by atoms with Crippen LogP contribution in [0.1, 0.15) is 12.8 Å². The number of pyridine rings is 1. The number of nitrogens with zero attached hydrogens (tertiary/aromatic N) is 2. The molecule has 1 aromatic rings. The van der Waals surface area contributed by atoms with E-state index in [-0.39, 0.29) is 11.6 Å². The molecule has 90 valence electrons. The Kier molecular flexibility index (Phi) is 2.39. The predicted molar refractivity (Wildman–Crippen MR) is 64.9 cm³/mol. The highest BCUT2D eigenvalue weighted by atomic mass is 16.2. The number of carbonyl (C=O) groups is 1. The van der Waals surface area contributed by atoms with Crippen molar-refractivity contribution in [1.29, 1.82) is 0 Å². The Morgan fingerprint density at radius 3 is 2.88 bits per heavy atom. The van der Waals surface area contributed by atoms with Crippen molar-refractivity contribution >= 4 is 11.7 Å². The Morgan fingerprint density at radius 1 is 1.35 bits per heavy atom. The molecule has 3 heterocycles. The molecule has 1 atom stereocenters. The lowest BCUT2D eigenvalue weighted by Gasteiger charge is -2.40. The summed E-state index contributed by atoms with van der Waals surface area (Å²) >= 11 is 0. The van der Waals surface area contributed by atoms with Gasteiger partial charge in [0, 0.05) is 37.7 Å². The van der Waals surface area contributed by atoms with Crippen LogP contribution in [0.3, 0.4) is 0 Å². The first-order valence-corrected chi connectivity index (χ1v) is 5.98. The van der Waals surface area contributed by atoms with Gasteiger partial charge in [0.15, 0.2) is 0 Å². The van der Waals surface area contributed by atoms with Crippen LogP contribution in [0, 0.1) is 0 Å². The van der Waals surface area contributed by atoms with Gasteiger partial charge in [0.2, 0.25) is 0 Å². The molecule has 0 aliphatic carbocycles. The van der Waals surface area contributed by atoms with Crippen molar-refractivity contribution in [3.63, 3.8) is 0 Å². The van der Waals surface area contributed by atoms with Gasteiger partial charge < -0.3 is 15.5 Å². The highest BCUT2D eigenvalue weighted by Crippen LogP contribution is 2.26. The normalized spacial score (nSPS) is 28.0. The van der Waals surface area contributed by atoms with Crippen molar-refractivity contribution in [2.75, 3.05) is 24.5 Å². The molecule has 0 radical (unpaired) electrons. The topological polar surface area (TPSA) is 57.3 Å². The maximum absolute atomic E-state index is 11.3. The molecule has 3 rings (SSSR count). The number of aromatic nitrogens is 1. The highest BCUT2D eigenvalue weighted by molar-refractivity contribution is 5.78. The molecule has 5 nitrogen and oxygen atoms in total. The van der Waals surface area contributed by atoms with Crippen molar-refractivity contribution in [3.8, 4) is 0 Å². The van der Waals surface area contributed by atoms with Gasteiger partial charge in [-0.05, 0) is 25.0 Å². The molecule has 0 aromatic carbocycles. The van der Waals surface area contributed by atoms with E-state index in [0.29, 0.717) is 0 Å². The number of rotatable bonds is 1. The third-order valence-corrected chi connectivity index (χ3v) is 3.57. The number of anilines is 1. The number of hydrogen-bond acceptors (Lipinski definition) is 3. The molecular formula is C12H16N4O. The molecule has 2 amide bonds. The number of urea groups is 1. The molecule has 0 bridgehead atoms. The first-order chi connectivity index (χ1) is 8.27. The maximum atomic E-state index is 11.3. The second-order valence-corrected chi connectivity index (χ2v) is 4.82. The van der Waals surface area contributed by atoms with Gasteiger partial charge in [0.05, 0.1) is 5.54 Å². The van der Waals surface area contributed by atoms with Crippen LogP contribution in [0.2, 0.25) is 0 Å². The van der Waals surface area contributed by atoms with Crippen LogP contribution in [0.15, 0.2) is 24.5 Å². The molecule has 17 heavy (non-hydrogen) atoms. The summed E-state index contributed by atoms with van der Waals surface area (Å²) in [6.07, 6.45) is 5.77. The molecule has 2 fully saturated rings. The third kappa shape index (κ3) is 1.92. The van der Waals surface area contributed by atoms with Gasteiger partial charge in [-0.2, -0.15) is 0 Å². The number of nitrogens with one attached hydrogen (secondary N) is 2. The van der Waals surface area contributed by atoms with Gasteiger partial charge in [-0.25, -0.2) is 4.79 Å². The zero-order valence-corrected chi connectivity index (χ0v) is 9.65. The van der Waals surface area contributed by atoms with E-state index >= 15 is 0 Å². The lowest BCUT2D eigenvalue weighted by Crippen LogP contribution is -2.56. The molecule has 1 unspecified atom stereocenters. The number of carbonyl (C=O) groups excluding carboxylic acids is 1. The average molecular weight is 232 g/mol. The van der Waals surface area contributed by atoms with Crippen LogP contribution >= 0.6 is 0 Å². The van der Waals surface area contributed by atoms with Crippen molar-refractivity contribution in [2.45, 2.75) is 18.4 Å². The zero-order valence-electron chi connectivity index (χ0n) is 9.65. The SMILES string of the molecule is O=C1NCC2(CCCN(c3ccncc3)C2)N1. The molecule has 2 aliphatic rings. The molecule has 5 heteroatoms. The van der Waals surface area contributed by atoms with Crippen molar-refractivity contribution in [2.24, 2.45) is 0 Å². The molecule has 1 aromatic heterocycles. The second kappa shape index (κ2) is 3.91. The van der Waals surface area contributed by atoms with Crippen LogP contribution in [0.25, 0.3) is 0 Å². The monoisotopic (exact) mass is 232 g/mol. The lowest BCUT2D eigenvalue weighted by molar-refractivity contribution is 0.241. The van der Waals surface area contributed by atoms with Gasteiger partial charge in [-0.15, -0.1) is 0 Å². The Balaban J connectivity index is 1.78. The van der Waals surface area contributed by atoms with Crippen LogP contribution in [0.4, 0.5) is 10.5 Å². The molecule has 2 N–H and O–H groups in total. The summed E-state index contributed by atoms with van der Waals surface area (Å²) in [5.41, 5.74) is 1.10.